The summed E-state index contributed by atoms with van der Waals surface area (Å²) in [4.78, 5) is 4.99. The van der Waals surface area contributed by atoms with Gasteiger partial charge in [0.1, 0.15) is 0 Å². The van der Waals surface area contributed by atoms with Gasteiger partial charge in [0.25, 0.3) is 6.71 Å². The first kappa shape index (κ1) is 29.1. The van der Waals surface area contributed by atoms with Gasteiger partial charge in [0.15, 0.2) is 0 Å². The summed E-state index contributed by atoms with van der Waals surface area (Å²) in [5.41, 5.74) is 15.8. The molecule has 4 aromatic rings. The minimum Gasteiger partial charge on any atom is -0.312 e. The van der Waals surface area contributed by atoms with Crippen molar-refractivity contribution < 1.29 is 0 Å². The van der Waals surface area contributed by atoms with E-state index in [1.165, 1.54) is 67.2 Å². The van der Waals surface area contributed by atoms with Crippen molar-refractivity contribution in [2.24, 2.45) is 0 Å². The number of nitrogens with zero attached hydrogens (tertiary/aromatic N) is 2. The van der Waals surface area contributed by atoms with Crippen LogP contribution in [0, 0.1) is 6.92 Å². The van der Waals surface area contributed by atoms with E-state index >= 15 is 0 Å². The molecule has 0 bridgehead atoms. The Kier molecular flexibility index (Phi) is 7.20. The van der Waals surface area contributed by atoms with E-state index in [2.05, 4.69) is 169 Å². The van der Waals surface area contributed by atoms with Crippen molar-refractivity contribution >= 4 is 51.5 Å². The van der Waals surface area contributed by atoms with E-state index in [1.807, 2.05) is 0 Å². The number of rotatable bonds is 4. The normalized spacial score (nSPS) is 14.6. The molecule has 0 saturated heterocycles. The summed E-state index contributed by atoms with van der Waals surface area (Å²) in [6.45, 7) is 20.5. The van der Waals surface area contributed by atoms with E-state index < -0.39 is 0 Å². The summed E-state index contributed by atoms with van der Waals surface area (Å²) in [6, 6.07) is 30.3. The van der Waals surface area contributed by atoms with Gasteiger partial charge in [-0.25, -0.2) is 0 Å². The van der Waals surface area contributed by atoms with Gasteiger partial charge in [-0.1, -0.05) is 109 Å². The predicted molar refractivity (Wildman–Crippen MR) is 190 cm³/mol. The lowest BCUT2D eigenvalue weighted by Crippen LogP contribution is -2.62. The minimum atomic E-state index is 0.0487. The third-order valence-electron chi connectivity index (χ3n) is 9.01. The van der Waals surface area contributed by atoms with E-state index in [0.717, 1.165) is 6.42 Å². The van der Waals surface area contributed by atoms with Crippen LogP contribution in [0.4, 0.5) is 28.4 Å². The molecule has 0 aromatic heterocycles. The van der Waals surface area contributed by atoms with Crippen molar-refractivity contribution in [1.82, 2.24) is 0 Å². The zero-order valence-electron chi connectivity index (χ0n) is 27.4. The molecule has 0 spiro atoms. The SMILES string of the molecule is C/C=C\C(=C/CC)N1c2ccc(C)cc2B2c3cc(C(C)(C)C)ccc3N(c3ccc(C(C)(C)C)cc3)c3cccc1c32. The van der Waals surface area contributed by atoms with Crippen molar-refractivity contribution in [3.8, 4) is 0 Å². The Morgan fingerprint density at radius 1 is 0.721 bits per heavy atom. The second-order valence-corrected chi connectivity index (χ2v) is 14.2. The number of aryl methyl sites for hydroxylation is 1. The molecule has 0 amide bonds. The Bertz CT molecular complexity index is 1750. The van der Waals surface area contributed by atoms with Crippen LogP contribution < -0.4 is 26.2 Å². The molecule has 0 unspecified atom stereocenters. The summed E-state index contributed by atoms with van der Waals surface area (Å²) in [5, 5.41) is 0. The lowest BCUT2D eigenvalue weighted by atomic mass is 9.33. The quantitative estimate of drug-likeness (QED) is 0.159. The molecule has 0 radical (unpaired) electrons. The van der Waals surface area contributed by atoms with Gasteiger partial charge in [0.2, 0.25) is 0 Å². The van der Waals surface area contributed by atoms with Crippen LogP contribution in [0.5, 0.6) is 0 Å². The zero-order chi connectivity index (χ0) is 30.7. The van der Waals surface area contributed by atoms with Crippen LogP contribution in [0.3, 0.4) is 0 Å². The Morgan fingerprint density at radius 3 is 2.00 bits per heavy atom. The highest BCUT2D eigenvalue weighted by Gasteiger charge is 2.43. The fourth-order valence-corrected chi connectivity index (χ4v) is 6.81. The number of fused-ring (bicyclic) bond motifs is 4. The molecule has 0 atom stereocenters. The molecular weight excluding hydrogens is 519 g/mol. The molecule has 0 aliphatic carbocycles. The van der Waals surface area contributed by atoms with Crippen LogP contribution in [-0.2, 0) is 10.8 Å². The van der Waals surface area contributed by atoms with E-state index in [4.69, 9.17) is 0 Å². The Hall–Kier alpha value is -3.98. The molecule has 0 saturated carbocycles. The highest BCUT2D eigenvalue weighted by molar-refractivity contribution is 7.00. The second-order valence-electron chi connectivity index (χ2n) is 14.2. The van der Waals surface area contributed by atoms with Crippen molar-refractivity contribution in [3.63, 3.8) is 0 Å². The van der Waals surface area contributed by atoms with Crippen molar-refractivity contribution in [2.45, 2.75) is 79.6 Å². The minimum absolute atomic E-state index is 0.0487. The molecular formula is C40H45BN2. The number of hydrogen-bond acceptors (Lipinski definition) is 2. The van der Waals surface area contributed by atoms with Crippen LogP contribution in [0.25, 0.3) is 0 Å². The van der Waals surface area contributed by atoms with Gasteiger partial charge in [0.05, 0.1) is 0 Å². The first-order chi connectivity index (χ1) is 20.4. The highest BCUT2D eigenvalue weighted by Crippen LogP contribution is 2.43. The van der Waals surface area contributed by atoms with Gasteiger partial charge < -0.3 is 9.80 Å². The lowest BCUT2D eigenvalue weighted by molar-refractivity contribution is 0.590. The summed E-state index contributed by atoms with van der Waals surface area (Å²) >= 11 is 0. The van der Waals surface area contributed by atoms with Gasteiger partial charge in [-0.2, -0.15) is 0 Å². The summed E-state index contributed by atoms with van der Waals surface area (Å²) in [6.07, 6.45) is 7.73. The fourth-order valence-electron chi connectivity index (χ4n) is 6.81. The maximum absolute atomic E-state index is 2.50. The second kappa shape index (κ2) is 10.6. The maximum atomic E-state index is 2.50. The third-order valence-corrected chi connectivity index (χ3v) is 9.01. The Balaban J connectivity index is 1.69. The molecule has 6 rings (SSSR count). The van der Waals surface area contributed by atoms with Crippen molar-refractivity contribution in [1.29, 1.82) is 0 Å². The van der Waals surface area contributed by atoms with Crippen LogP contribution in [0.15, 0.2) is 103 Å². The van der Waals surface area contributed by atoms with Crippen LogP contribution in [-0.4, -0.2) is 6.71 Å². The molecule has 2 aliphatic rings. The van der Waals surface area contributed by atoms with Crippen LogP contribution in [0.1, 0.15) is 78.5 Å². The molecule has 218 valence electrons. The fraction of sp³-hybridized carbons (Fsp3) is 0.300. The van der Waals surface area contributed by atoms with Gasteiger partial charge in [-0.3, -0.25) is 0 Å². The molecule has 43 heavy (non-hydrogen) atoms. The monoisotopic (exact) mass is 564 g/mol. The summed E-state index contributed by atoms with van der Waals surface area (Å²) < 4.78 is 0. The molecule has 0 fully saturated rings. The average Bonchev–Trinajstić information content (AvgIpc) is 2.96. The number of anilines is 5. The van der Waals surface area contributed by atoms with Gasteiger partial charge in [-0.05, 0) is 101 Å². The first-order valence-electron chi connectivity index (χ1n) is 15.9. The predicted octanol–water partition coefficient (Wildman–Crippen LogP) is 9.21. The van der Waals surface area contributed by atoms with E-state index in [-0.39, 0.29) is 17.5 Å². The molecule has 3 heteroatoms. The number of benzene rings is 4. The molecule has 0 N–H and O–H groups in total. The summed E-state index contributed by atoms with van der Waals surface area (Å²) in [5.74, 6) is 0. The lowest BCUT2D eigenvalue weighted by Gasteiger charge is -2.44. The third kappa shape index (κ3) is 4.93. The highest BCUT2D eigenvalue weighted by atomic mass is 15.2. The Labute approximate surface area is 259 Å². The molecule has 2 nitrogen and oxygen atoms in total. The number of allylic oxidation sites excluding steroid dienone is 3. The average molecular weight is 565 g/mol. The standard InChI is InChI=1S/C40H45BN2/c1-10-13-30(14-11-2)42-34-23-17-27(3)25-32(34)41-33-26-29(40(7,8)9)20-24-35(33)43(37-16-12-15-36(42)38(37)41)31-21-18-28(19-22-31)39(4,5)6/h10,12-26H,11H2,1-9H3/b13-10-,30-14+. The van der Waals surface area contributed by atoms with Crippen molar-refractivity contribution in [2.75, 3.05) is 9.80 Å². The smallest absolute Gasteiger partial charge is 0.252 e. The van der Waals surface area contributed by atoms with Gasteiger partial charge in [-0.15, -0.1) is 0 Å². The molecule has 2 heterocycles. The van der Waals surface area contributed by atoms with Crippen molar-refractivity contribution in [3.05, 3.63) is 119 Å². The van der Waals surface area contributed by atoms with E-state index in [9.17, 15) is 0 Å². The summed E-state index contributed by atoms with van der Waals surface area (Å²) in [7, 11) is 0. The van der Waals surface area contributed by atoms with E-state index in [0.29, 0.717) is 0 Å². The van der Waals surface area contributed by atoms with Gasteiger partial charge in [0, 0.05) is 34.1 Å². The van der Waals surface area contributed by atoms with Gasteiger partial charge >= 0.3 is 0 Å². The number of hydrogen-bond donors (Lipinski definition) is 0. The Morgan fingerprint density at radius 2 is 1.35 bits per heavy atom. The topological polar surface area (TPSA) is 6.48 Å². The van der Waals surface area contributed by atoms with Crippen LogP contribution in [0.2, 0.25) is 0 Å². The molecule has 2 aliphatic heterocycles. The largest absolute Gasteiger partial charge is 0.312 e. The molecule has 4 aromatic carbocycles. The van der Waals surface area contributed by atoms with Crippen LogP contribution >= 0.6 is 0 Å². The zero-order valence-corrected chi connectivity index (χ0v) is 27.4. The maximum Gasteiger partial charge on any atom is 0.252 e. The first-order valence-corrected chi connectivity index (χ1v) is 15.9. The van der Waals surface area contributed by atoms with E-state index in [1.54, 1.807) is 0 Å².